The second-order valence-corrected chi connectivity index (χ2v) is 15.0. The van der Waals surface area contributed by atoms with Crippen molar-refractivity contribution in [3.05, 3.63) is 125 Å². The molecule has 3 saturated heterocycles. The third-order valence-electron chi connectivity index (χ3n) is 11.4. The summed E-state index contributed by atoms with van der Waals surface area (Å²) in [6.45, 7) is 9.08. The first kappa shape index (κ1) is 38.3. The van der Waals surface area contributed by atoms with Gasteiger partial charge in [0.25, 0.3) is 5.91 Å². The molecule has 4 heterocycles. The molecule has 0 aliphatic carbocycles. The average Bonchev–Trinajstić information content (AvgIpc) is 3.56. The van der Waals surface area contributed by atoms with E-state index in [1.807, 2.05) is 42.5 Å². The van der Waals surface area contributed by atoms with Gasteiger partial charge in [-0.15, -0.1) is 0 Å². The maximum Gasteiger partial charge on any atom is 0.255 e. The average molecular weight is 771 g/mol. The third-order valence-corrected chi connectivity index (χ3v) is 11.4. The van der Waals surface area contributed by atoms with Crippen LogP contribution in [0.5, 0.6) is 17.2 Å². The second kappa shape index (κ2) is 17.3. The van der Waals surface area contributed by atoms with Gasteiger partial charge in [-0.2, -0.15) is 0 Å². The molecule has 296 valence electrons. The summed E-state index contributed by atoms with van der Waals surface area (Å²) in [4.78, 5) is 43.5. The predicted molar refractivity (Wildman–Crippen MR) is 217 cm³/mol. The van der Waals surface area contributed by atoms with Crippen LogP contribution in [-0.2, 0) is 16.1 Å². The highest BCUT2D eigenvalue weighted by molar-refractivity contribution is 6.05. The lowest BCUT2D eigenvalue weighted by atomic mass is 9.88. The van der Waals surface area contributed by atoms with Gasteiger partial charge in [-0.25, -0.2) is 0 Å². The number of fused-ring (bicyclic) bond motifs is 1. The van der Waals surface area contributed by atoms with Crippen LogP contribution in [0, 0.1) is 0 Å². The zero-order valence-electron chi connectivity index (χ0n) is 32.3. The molecule has 1 atom stereocenters. The molecule has 3 amide bonds. The highest BCUT2D eigenvalue weighted by atomic mass is 16.5. The van der Waals surface area contributed by atoms with Gasteiger partial charge in [0.2, 0.25) is 11.8 Å². The number of aromatic hydroxyl groups is 1. The zero-order chi connectivity index (χ0) is 39.3. The van der Waals surface area contributed by atoms with Gasteiger partial charge in [0.05, 0.1) is 0 Å². The Balaban J connectivity index is 0.781. The summed E-state index contributed by atoms with van der Waals surface area (Å²) >= 11 is 0. The molecular weight excluding hydrogens is 721 g/mol. The number of phenolic OH excluding ortho intramolecular Hbond substituents is 1. The van der Waals surface area contributed by atoms with E-state index in [2.05, 4.69) is 69.1 Å². The predicted octanol–water partition coefficient (Wildman–Crippen LogP) is 4.44. The molecule has 57 heavy (non-hydrogen) atoms. The Morgan fingerprint density at radius 2 is 1.49 bits per heavy atom. The number of nitrogens with one attached hydrogen (secondary N) is 3. The van der Waals surface area contributed by atoms with Gasteiger partial charge in [0, 0.05) is 64.3 Å². The number of hydrogen-bond donors (Lipinski definition) is 4. The molecule has 4 aromatic rings. The monoisotopic (exact) mass is 770 g/mol. The number of amides is 3. The fourth-order valence-electron chi connectivity index (χ4n) is 8.35. The minimum Gasteiger partial charge on any atom is -0.508 e. The maximum atomic E-state index is 13.1. The molecule has 4 aliphatic heterocycles. The van der Waals surface area contributed by atoms with E-state index in [0.29, 0.717) is 44.0 Å². The largest absolute Gasteiger partial charge is 0.508 e. The van der Waals surface area contributed by atoms with Gasteiger partial charge in [-0.05, 0) is 88.7 Å². The Bertz CT molecular complexity index is 2090. The van der Waals surface area contributed by atoms with Gasteiger partial charge < -0.3 is 19.5 Å². The SMILES string of the molecule is CC/C(=C(\c1ccc(O)cc1)c1ccc(OCCN2CCN(C3NCC(Oc4ccc5c(c4)CN(C4CCC(=O)NC4=O)C5=O)CN3)CC2)cc1)c1ccccc1. The number of benzene rings is 4. The molecule has 4 aromatic carbocycles. The molecule has 0 saturated carbocycles. The number of carbonyl (C=O) groups excluding carboxylic acids is 3. The van der Waals surface area contributed by atoms with Crippen molar-refractivity contribution in [2.75, 3.05) is 52.4 Å². The van der Waals surface area contributed by atoms with Crippen LogP contribution in [0.2, 0.25) is 0 Å². The molecular formula is C45H50N6O6. The molecule has 3 fully saturated rings. The van der Waals surface area contributed by atoms with Crippen molar-refractivity contribution in [2.45, 2.75) is 51.2 Å². The number of piperidine rings is 1. The van der Waals surface area contributed by atoms with Crippen LogP contribution >= 0.6 is 0 Å². The standard InChI is InChI=1S/C45H50N6O6/c1-2-38(30-6-4-3-5-7-30)42(31-8-12-34(52)13-9-31)32-10-14-35(15-11-32)56-25-24-49-20-22-50(23-21-49)45-46-27-37(28-47-45)57-36-16-17-39-33(26-36)29-51(44(39)55)40-18-19-41(53)48-43(40)54/h3-17,26,37,40,45-47,52H,2,18-25,27-29H2,1H3,(H,48,53,54)/b42-38-. The number of imide groups is 1. The lowest BCUT2D eigenvalue weighted by Gasteiger charge is -2.42. The van der Waals surface area contributed by atoms with Crippen LogP contribution in [0.15, 0.2) is 97.1 Å². The summed E-state index contributed by atoms with van der Waals surface area (Å²) in [6, 6.07) is 31.1. The Kier molecular flexibility index (Phi) is 11.6. The summed E-state index contributed by atoms with van der Waals surface area (Å²) in [5.41, 5.74) is 7.16. The Morgan fingerprint density at radius 1 is 0.807 bits per heavy atom. The number of rotatable bonds is 12. The quantitative estimate of drug-likeness (QED) is 0.121. The van der Waals surface area contributed by atoms with E-state index in [1.54, 1.807) is 23.1 Å². The molecule has 8 rings (SSSR count). The maximum absolute atomic E-state index is 13.1. The van der Waals surface area contributed by atoms with Crippen molar-refractivity contribution in [3.63, 3.8) is 0 Å². The summed E-state index contributed by atoms with van der Waals surface area (Å²) in [5, 5.41) is 19.5. The van der Waals surface area contributed by atoms with E-state index in [9.17, 15) is 19.5 Å². The van der Waals surface area contributed by atoms with E-state index in [1.165, 1.54) is 11.1 Å². The number of piperazine rings is 1. The molecule has 4 aliphatic rings. The topological polar surface area (TPSA) is 136 Å². The van der Waals surface area contributed by atoms with E-state index in [0.717, 1.165) is 67.2 Å². The number of allylic oxidation sites excluding steroid dienone is 1. The van der Waals surface area contributed by atoms with Crippen LogP contribution in [-0.4, -0.2) is 108 Å². The van der Waals surface area contributed by atoms with Gasteiger partial charge in [-0.1, -0.05) is 61.5 Å². The molecule has 0 bridgehead atoms. The first-order chi connectivity index (χ1) is 27.8. The molecule has 12 heteroatoms. The van der Waals surface area contributed by atoms with Crippen LogP contribution in [0.4, 0.5) is 0 Å². The molecule has 12 nitrogen and oxygen atoms in total. The first-order valence-corrected chi connectivity index (χ1v) is 20.0. The zero-order valence-corrected chi connectivity index (χ0v) is 32.3. The van der Waals surface area contributed by atoms with Gasteiger partial charge in [0.15, 0.2) is 0 Å². The van der Waals surface area contributed by atoms with E-state index >= 15 is 0 Å². The minimum absolute atomic E-state index is 0.0668. The molecule has 1 unspecified atom stereocenters. The Hall–Kier alpha value is -5.53. The molecule has 0 spiro atoms. The van der Waals surface area contributed by atoms with Crippen LogP contribution < -0.4 is 25.4 Å². The van der Waals surface area contributed by atoms with Crippen LogP contribution in [0.1, 0.15) is 58.8 Å². The number of ether oxygens (including phenoxy) is 2. The number of nitrogens with zero attached hydrogens (tertiary/aromatic N) is 3. The highest BCUT2D eigenvalue weighted by Crippen LogP contribution is 2.36. The Labute approximate surface area is 333 Å². The van der Waals surface area contributed by atoms with Gasteiger partial charge in [0.1, 0.15) is 42.3 Å². The van der Waals surface area contributed by atoms with Crippen LogP contribution in [0.25, 0.3) is 11.1 Å². The number of carbonyl (C=O) groups is 3. The summed E-state index contributed by atoms with van der Waals surface area (Å²) in [7, 11) is 0. The fraction of sp³-hybridized carbons (Fsp3) is 0.356. The summed E-state index contributed by atoms with van der Waals surface area (Å²) in [6.07, 6.45) is 1.42. The molecule has 0 aromatic heterocycles. The van der Waals surface area contributed by atoms with E-state index in [4.69, 9.17) is 9.47 Å². The van der Waals surface area contributed by atoms with Gasteiger partial charge >= 0.3 is 0 Å². The first-order valence-electron chi connectivity index (χ1n) is 20.0. The fourth-order valence-corrected chi connectivity index (χ4v) is 8.35. The van der Waals surface area contributed by atoms with E-state index in [-0.39, 0.29) is 36.4 Å². The smallest absolute Gasteiger partial charge is 0.255 e. The van der Waals surface area contributed by atoms with E-state index < -0.39 is 11.9 Å². The lowest BCUT2D eigenvalue weighted by Crippen LogP contribution is -2.66. The number of hydrogen-bond acceptors (Lipinski definition) is 10. The van der Waals surface area contributed by atoms with Crippen molar-refractivity contribution in [3.8, 4) is 17.2 Å². The lowest BCUT2D eigenvalue weighted by molar-refractivity contribution is -0.136. The van der Waals surface area contributed by atoms with Crippen molar-refractivity contribution in [1.29, 1.82) is 0 Å². The van der Waals surface area contributed by atoms with Crippen molar-refractivity contribution in [2.24, 2.45) is 0 Å². The molecule has 4 N–H and O–H groups in total. The Morgan fingerprint density at radius 3 is 2.18 bits per heavy atom. The van der Waals surface area contributed by atoms with Crippen LogP contribution in [0.3, 0.4) is 0 Å². The van der Waals surface area contributed by atoms with Gasteiger partial charge in [-0.3, -0.25) is 40.1 Å². The normalized spacial score (nSPS) is 22.2. The highest BCUT2D eigenvalue weighted by Gasteiger charge is 2.39. The number of phenols is 1. The summed E-state index contributed by atoms with van der Waals surface area (Å²) in [5.74, 6) is 0.891. The molecule has 0 radical (unpaired) electrons. The second-order valence-electron chi connectivity index (χ2n) is 15.0. The minimum atomic E-state index is -0.634. The van der Waals surface area contributed by atoms with Crippen molar-refractivity contribution in [1.82, 2.24) is 30.7 Å². The van der Waals surface area contributed by atoms with Crippen molar-refractivity contribution < 1.29 is 29.0 Å². The van der Waals surface area contributed by atoms with Crippen molar-refractivity contribution >= 4 is 28.9 Å². The third kappa shape index (κ3) is 8.74. The summed E-state index contributed by atoms with van der Waals surface area (Å²) < 4.78 is 12.5.